The minimum Gasteiger partial charge on any atom is -0.494 e. The number of carbonyl (C=O) groups excluding carboxylic acids is 1. The van der Waals surface area contributed by atoms with E-state index in [2.05, 4.69) is 5.10 Å². The molecule has 2 rings (SSSR count). The molecule has 0 aliphatic carbocycles. The smallest absolute Gasteiger partial charge is 0.330 e. The maximum Gasteiger partial charge on any atom is 0.330 e. The molecule has 6 nitrogen and oxygen atoms in total. The van der Waals surface area contributed by atoms with Crippen LogP contribution < -0.4 is 10.3 Å². The van der Waals surface area contributed by atoms with Gasteiger partial charge in [0.25, 0.3) is 5.56 Å². The lowest BCUT2D eigenvalue weighted by Gasteiger charge is -2.13. The van der Waals surface area contributed by atoms with Crippen molar-refractivity contribution in [1.82, 2.24) is 9.78 Å². The minimum atomic E-state index is -0.773. The van der Waals surface area contributed by atoms with E-state index in [1.54, 1.807) is 19.9 Å². The molecule has 1 heterocycles. The van der Waals surface area contributed by atoms with Gasteiger partial charge in [0.05, 0.1) is 18.9 Å². The summed E-state index contributed by atoms with van der Waals surface area (Å²) in [6, 6.07) is 9.65. The highest BCUT2D eigenvalue weighted by molar-refractivity contribution is 5.73. The van der Waals surface area contributed by atoms with E-state index in [0.29, 0.717) is 12.3 Å². The standard InChI is InChI=1S/C17H20N2O4/c1-4-22-14-8-6-13(7-9-14)15-10-11-16(20)19(18-15)12(3)17(21)23-5-2/h6-12H,4-5H2,1-3H3/t12-/m1/s1. The Kier molecular flexibility index (Phi) is 5.51. The Balaban J connectivity index is 2.32. The second kappa shape index (κ2) is 7.58. The number of esters is 1. The van der Waals surface area contributed by atoms with E-state index in [4.69, 9.17) is 9.47 Å². The second-order valence-electron chi connectivity index (χ2n) is 4.89. The number of benzene rings is 1. The third-order valence-corrected chi connectivity index (χ3v) is 3.28. The van der Waals surface area contributed by atoms with Crippen molar-refractivity contribution < 1.29 is 14.3 Å². The second-order valence-corrected chi connectivity index (χ2v) is 4.89. The van der Waals surface area contributed by atoms with Gasteiger partial charge in [0.15, 0.2) is 6.04 Å². The van der Waals surface area contributed by atoms with Crippen LogP contribution in [0.25, 0.3) is 11.3 Å². The van der Waals surface area contributed by atoms with Crippen molar-refractivity contribution in [3.63, 3.8) is 0 Å². The summed E-state index contributed by atoms with van der Waals surface area (Å²) in [5.74, 6) is 0.287. The summed E-state index contributed by atoms with van der Waals surface area (Å²) in [6.45, 7) is 6.09. The molecule has 0 bridgehead atoms. The molecule has 0 N–H and O–H groups in total. The van der Waals surface area contributed by atoms with Gasteiger partial charge in [-0.3, -0.25) is 4.79 Å². The molecule has 0 aliphatic rings. The van der Waals surface area contributed by atoms with E-state index in [1.807, 2.05) is 31.2 Å². The van der Waals surface area contributed by atoms with Crippen LogP contribution >= 0.6 is 0 Å². The summed E-state index contributed by atoms with van der Waals surface area (Å²) in [6.07, 6.45) is 0. The van der Waals surface area contributed by atoms with E-state index >= 15 is 0 Å². The third-order valence-electron chi connectivity index (χ3n) is 3.28. The number of aromatic nitrogens is 2. The first kappa shape index (κ1) is 16.7. The molecule has 0 fully saturated rings. The number of hydrogen-bond donors (Lipinski definition) is 0. The van der Waals surface area contributed by atoms with Crippen LogP contribution in [0.1, 0.15) is 26.8 Å². The van der Waals surface area contributed by atoms with Gasteiger partial charge in [-0.15, -0.1) is 0 Å². The molecule has 6 heteroatoms. The van der Waals surface area contributed by atoms with Gasteiger partial charge in [0.1, 0.15) is 5.75 Å². The molecule has 0 unspecified atom stereocenters. The monoisotopic (exact) mass is 316 g/mol. The Morgan fingerprint density at radius 2 is 1.83 bits per heavy atom. The molecule has 122 valence electrons. The highest BCUT2D eigenvalue weighted by Gasteiger charge is 2.19. The van der Waals surface area contributed by atoms with Crippen molar-refractivity contribution >= 4 is 5.97 Å². The zero-order valence-electron chi connectivity index (χ0n) is 13.5. The first-order chi connectivity index (χ1) is 11.1. The zero-order chi connectivity index (χ0) is 16.8. The van der Waals surface area contributed by atoms with Gasteiger partial charge < -0.3 is 9.47 Å². The number of hydrogen-bond acceptors (Lipinski definition) is 5. The van der Waals surface area contributed by atoms with E-state index in [1.165, 1.54) is 6.07 Å². The maximum atomic E-state index is 12.0. The van der Waals surface area contributed by atoms with Crippen molar-refractivity contribution in [2.75, 3.05) is 13.2 Å². The van der Waals surface area contributed by atoms with Crippen molar-refractivity contribution in [3.05, 3.63) is 46.8 Å². The van der Waals surface area contributed by atoms with Crippen LogP contribution in [-0.2, 0) is 9.53 Å². The van der Waals surface area contributed by atoms with Crippen molar-refractivity contribution in [1.29, 1.82) is 0 Å². The fraction of sp³-hybridized carbons (Fsp3) is 0.353. The predicted molar refractivity (Wildman–Crippen MR) is 86.4 cm³/mol. The van der Waals surface area contributed by atoms with Gasteiger partial charge in [-0.1, -0.05) is 0 Å². The van der Waals surface area contributed by atoms with Crippen LogP contribution in [0.15, 0.2) is 41.2 Å². The van der Waals surface area contributed by atoms with E-state index in [-0.39, 0.29) is 12.2 Å². The van der Waals surface area contributed by atoms with Gasteiger partial charge in [-0.25, -0.2) is 9.48 Å². The van der Waals surface area contributed by atoms with E-state index in [0.717, 1.165) is 16.0 Å². The van der Waals surface area contributed by atoms with E-state index < -0.39 is 12.0 Å². The van der Waals surface area contributed by atoms with Crippen LogP contribution in [0, 0.1) is 0 Å². The molecule has 0 spiro atoms. The van der Waals surface area contributed by atoms with Gasteiger partial charge in [0, 0.05) is 11.6 Å². The first-order valence-corrected chi connectivity index (χ1v) is 7.56. The molecular formula is C17H20N2O4. The molecule has 0 saturated carbocycles. The third kappa shape index (κ3) is 3.97. The Hall–Kier alpha value is -2.63. The first-order valence-electron chi connectivity index (χ1n) is 7.56. The van der Waals surface area contributed by atoms with Gasteiger partial charge in [-0.2, -0.15) is 5.10 Å². The molecule has 1 atom stereocenters. The summed E-state index contributed by atoms with van der Waals surface area (Å²) in [4.78, 5) is 23.8. The zero-order valence-corrected chi connectivity index (χ0v) is 13.5. The predicted octanol–water partition coefficient (Wildman–Crippen LogP) is 2.43. The van der Waals surface area contributed by atoms with Gasteiger partial charge in [-0.05, 0) is 51.1 Å². The van der Waals surface area contributed by atoms with Crippen molar-refractivity contribution in [2.45, 2.75) is 26.8 Å². The van der Waals surface area contributed by atoms with Crippen molar-refractivity contribution in [3.8, 4) is 17.0 Å². The lowest BCUT2D eigenvalue weighted by atomic mass is 10.1. The Bertz CT molecular complexity index is 722. The summed E-state index contributed by atoms with van der Waals surface area (Å²) in [5.41, 5.74) is 1.09. The SMILES string of the molecule is CCOC(=O)[C@@H](C)n1nc(-c2ccc(OCC)cc2)ccc1=O. The van der Waals surface area contributed by atoms with E-state index in [9.17, 15) is 9.59 Å². The fourth-order valence-electron chi connectivity index (χ4n) is 2.11. The highest BCUT2D eigenvalue weighted by atomic mass is 16.5. The number of rotatable bonds is 6. The van der Waals surface area contributed by atoms with Crippen LogP contribution in [0.2, 0.25) is 0 Å². The molecule has 0 radical (unpaired) electrons. The highest BCUT2D eigenvalue weighted by Crippen LogP contribution is 2.20. The largest absolute Gasteiger partial charge is 0.494 e. The fourth-order valence-corrected chi connectivity index (χ4v) is 2.11. The summed E-state index contributed by atoms with van der Waals surface area (Å²) in [7, 11) is 0. The van der Waals surface area contributed by atoms with Crippen LogP contribution in [-0.4, -0.2) is 29.0 Å². The number of carbonyl (C=O) groups is 1. The molecule has 2 aromatic rings. The number of ether oxygens (including phenoxy) is 2. The summed E-state index contributed by atoms with van der Waals surface area (Å²) < 4.78 is 11.5. The molecule has 0 aliphatic heterocycles. The quantitative estimate of drug-likeness (QED) is 0.766. The Morgan fingerprint density at radius 1 is 1.13 bits per heavy atom. The maximum absolute atomic E-state index is 12.0. The van der Waals surface area contributed by atoms with Gasteiger partial charge >= 0.3 is 5.97 Å². The molecule has 0 saturated heterocycles. The molecule has 1 aromatic carbocycles. The Labute approximate surface area is 134 Å². The van der Waals surface area contributed by atoms with Crippen molar-refractivity contribution in [2.24, 2.45) is 0 Å². The summed E-state index contributed by atoms with van der Waals surface area (Å²) in [5, 5.41) is 4.28. The molecule has 0 amide bonds. The average Bonchev–Trinajstić information content (AvgIpc) is 2.56. The molecule has 1 aromatic heterocycles. The molecular weight excluding hydrogens is 296 g/mol. The normalized spacial score (nSPS) is 11.8. The Morgan fingerprint density at radius 3 is 2.43 bits per heavy atom. The molecule has 23 heavy (non-hydrogen) atoms. The van der Waals surface area contributed by atoms with Gasteiger partial charge in [0.2, 0.25) is 0 Å². The lowest BCUT2D eigenvalue weighted by Crippen LogP contribution is -2.31. The van der Waals surface area contributed by atoms with Crippen LogP contribution in [0.4, 0.5) is 0 Å². The van der Waals surface area contributed by atoms with Crippen LogP contribution in [0.3, 0.4) is 0 Å². The summed E-state index contributed by atoms with van der Waals surface area (Å²) >= 11 is 0. The minimum absolute atomic E-state index is 0.260. The van der Waals surface area contributed by atoms with Crippen LogP contribution in [0.5, 0.6) is 5.75 Å². The topological polar surface area (TPSA) is 70.4 Å². The lowest BCUT2D eigenvalue weighted by molar-refractivity contribution is -0.147. The number of nitrogens with zero attached hydrogens (tertiary/aromatic N) is 2. The average molecular weight is 316 g/mol.